The third-order valence-corrected chi connectivity index (χ3v) is 4.90. The number of nitro groups is 1. The van der Waals surface area contributed by atoms with E-state index in [2.05, 4.69) is 10.0 Å². The number of likely N-dealkylation sites (N-methyl/N-ethyl adjacent to an activating group) is 1. The van der Waals surface area contributed by atoms with E-state index in [1.807, 2.05) is 0 Å². The Bertz CT molecular complexity index is 761. The predicted molar refractivity (Wildman–Crippen MR) is 82.5 cm³/mol. The van der Waals surface area contributed by atoms with Gasteiger partial charge in [-0.05, 0) is 12.1 Å². The highest BCUT2D eigenvalue weighted by atomic mass is 32.2. The Kier molecular flexibility index (Phi) is 5.14. The van der Waals surface area contributed by atoms with Crippen LogP contribution >= 0.6 is 0 Å². The number of nitrogens with zero attached hydrogens (tertiary/aromatic N) is 2. The highest BCUT2D eigenvalue weighted by Gasteiger charge is 2.28. The summed E-state index contributed by atoms with van der Waals surface area (Å²) in [5.74, 6) is -0.652. The average molecular weight is 356 g/mol. The van der Waals surface area contributed by atoms with Gasteiger partial charge in [-0.15, -0.1) is 0 Å². The number of benzene rings is 1. The fourth-order valence-electron chi connectivity index (χ4n) is 2.23. The number of amides is 2. The van der Waals surface area contributed by atoms with Gasteiger partial charge in [-0.25, -0.2) is 13.1 Å². The number of sulfonamides is 1. The Morgan fingerprint density at radius 2 is 2.00 bits per heavy atom. The quantitative estimate of drug-likeness (QED) is 0.506. The molecule has 1 fully saturated rings. The maximum atomic E-state index is 12.0. The van der Waals surface area contributed by atoms with Gasteiger partial charge in [-0.2, -0.15) is 0 Å². The van der Waals surface area contributed by atoms with Crippen LogP contribution in [0.4, 0.5) is 5.69 Å². The second-order valence-electron chi connectivity index (χ2n) is 5.32. The van der Waals surface area contributed by atoms with Crippen LogP contribution in [0, 0.1) is 10.1 Å². The van der Waals surface area contributed by atoms with Gasteiger partial charge in [-0.3, -0.25) is 19.7 Å². The molecule has 2 amide bonds. The van der Waals surface area contributed by atoms with Crippen LogP contribution in [0.15, 0.2) is 29.2 Å². The number of likely N-dealkylation sites (tertiary alicyclic amines) is 1. The number of hydrogen-bond acceptors (Lipinski definition) is 6. The SMILES string of the molecule is CN1C[C@@H](NC(=O)CNS(=O)(=O)c2ccc([N+](=O)[O-])cc2)CC1=O. The van der Waals surface area contributed by atoms with Crippen LogP contribution in [0.2, 0.25) is 0 Å². The highest BCUT2D eigenvalue weighted by molar-refractivity contribution is 7.89. The summed E-state index contributed by atoms with van der Waals surface area (Å²) in [6.45, 7) is -0.118. The summed E-state index contributed by atoms with van der Waals surface area (Å²) in [5, 5.41) is 13.1. The Morgan fingerprint density at radius 1 is 1.38 bits per heavy atom. The normalized spacial score (nSPS) is 17.8. The van der Waals surface area contributed by atoms with Crippen LogP contribution in [-0.2, 0) is 19.6 Å². The zero-order valence-corrected chi connectivity index (χ0v) is 13.6. The van der Waals surface area contributed by atoms with Crippen molar-refractivity contribution >= 4 is 27.5 Å². The standard InChI is InChI=1S/C13H16N4O6S/c1-16-8-9(6-13(16)19)15-12(18)7-14-24(22,23)11-4-2-10(3-5-11)17(20)21/h2-5,9,14H,6-8H2,1H3,(H,15,18)/t9-/m0/s1. The molecule has 0 unspecified atom stereocenters. The van der Waals surface area contributed by atoms with Crippen LogP contribution in [0.25, 0.3) is 0 Å². The molecule has 0 radical (unpaired) electrons. The summed E-state index contributed by atoms with van der Waals surface area (Å²) in [7, 11) is -2.35. The van der Waals surface area contributed by atoms with Crippen molar-refractivity contribution in [3.05, 3.63) is 34.4 Å². The van der Waals surface area contributed by atoms with Crippen molar-refractivity contribution in [2.75, 3.05) is 20.1 Å². The third kappa shape index (κ3) is 4.26. The predicted octanol–water partition coefficient (Wildman–Crippen LogP) is -0.780. The van der Waals surface area contributed by atoms with E-state index in [0.29, 0.717) is 6.54 Å². The first-order chi connectivity index (χ1) is 11.2. The minimum Gasteiger partial charge on any atom is -0.350 e. The molecule has 24 heavy (non-hydrogen) atoms. The summed E-state index contributed by atoms with van der Waals surface area (Å²) < 4.78 is 26.2. The van der Waals surface area contributed by atoms with Gasteiger partial charge >= 0.3 is 0 Å². The molecule has 11 heteroatoms. The number of hydrogen-bond donors (Lipinski definition) is 2. The lowest BCUT2D eigenvalue weighted by Gasteiger charge is -2.13. The van der Waals surface area contributed by atoms with Crippen molar-refractivity contribution in [3.8, 4) is 0 Å². The molecule has 0 saturated carbocycles. The summed E-state index contributed by atoms with van der Waals surface area (Å²) in [6.07, 6.45) is 0.178. The summed E-state index contributed by atoms with van der Waals surface area (Å²) in [6, 6.07) is 3.95. The number of nitro benzene ring substituents is 1. The van der Waals surface area contributed by atoms with Crippen molar-refractivity contribution < 1.29 is 22.9 Å². The maximum absolute atomic E-state index is 12.0. The van der Waals surface area contributed by atoms with Gasteiger partial charge in [-0.1, -0.05) is 0 Å². The number of non-ortho nitro benzene ring substituents is 1. The van der Waals surface area contributed by atoms with Gasteiger partial charge in [0, 0.05) is 32.1 Å². The van der Waals surface area contributed by atoms with E-state index < -0.39 is 27.4 Å². The first-order valence-corrected chi connectivity index (χ1v) is 8.45. The van der Waals surface area contributed by atoms with Crippen LogP contribution in [0.1, 0.15) is 6.42 Å². The second kappa shape index (κ2) is 6.93. The topological polar surface area (TPSA) is 139 Å². The van der Waals surface area contributed by atoms with Gasteiger partial charge < -0.3 is 10.2 Å². The number of nitrogens with one attached hydrogen (secondary N) is 2. The van der Waals surface area contributed by atoms with Crippen molar-refractivity contribution in [1.29, 1.82) is 0 Å². The van der Waals surface area contributed by atoms with Gasteiger partial charge in [0.25, 0.3) is 5.69 Å². The molecule has 0 aromatic heterocycles. The first-order valence-electron chi connectivity index (χ1n) is 6.96. The molecule has 130 valence electrons. The van der Waals surface area contributed by atoms with Gasteiger partial charge in [0.1, 0.15) is 0 Å². The van der Waals surface area contributed by atoms with E-state index in [1.54, 1.807) is 7.05 Å². The molecule has 1 saturated heterocycles. The fraction of sp³-hybridized carbons (Fsp3) is 0.385. The average Bonchev–Trinajstić information content (AvgIpc) is 2.83. The van der Waals surface area contributed by atoms with Crippen LogP contribution < -0.4 is 10.0 Å². The Balaban J connectivity index is 1.91. The third-order valence-electron chi connectivity index (χ3n) is 3.49. The van der Waals surface area contributed by atoms with Crippen molar-refractivity contribution in [1.82, 2.24) is 14.9 Å². The number of carbonyl (C=O) groups excluding carboxylic acids is 2. The van der Waals surface area contributed by atoms with Crippen molar-refractivity contribution in [3.63, 3.8) is 0 Å². The van der Waals surface area contributed by atoms with E-state index in [0.717, 1.165) is 24.3 Å². The zero-order chi connectivity index (χ0) is 17.9. The molecule has 1 heterocycles. The Hall–Kier alpha value is -2.53. The number of rotatable bonds is 6. The van der Waals surface area contributed by atoms with E-state index >= 15 is 0 Å². The van der Waals surface area contributed by atoms with Gasteiger partial charge in [0.15, 0.2) is 0 Å². The lowest BCUT2D eigenvalue weighted by atomic mass is 10.2. The second-order valence-corrected chi connectivity index (χ2v) is 7.09. The monoisotopic (exact) mass is 356 g/mol. The molecular weight excluding hydrogens is 340 g/mol. The van der Waals surface area contributed by atoms with Crippen molar-refractivity contribution in [2.45, 2.75) is 17.4 Å². The van der Waals surface area contributed by atoms with E-state index in [1.165, 1.54) is 4.90 Å². The molecule has 2 N–H and O–H groups in total. The molecular formula is C13H16N4O6S. The summed E-state index contributed by atoms with van der Waals surface area (Å²) >= 11 is 0. The molecule has 1 atom stereocenters. The van der Waals surface area contributed by atoms with Crippen LogP contribution in [0.3, 0.4) is 0 Å². The summed E-state index contributed by atoms with van der Waals surface area (Å²) in [5.41, 5.74) is -0.235. The first kappa shape index (κ1) is 17.8. The van der Waals surface area contributed by atoms with Gasteiger partial charge in [0.05, 0.1) is 22.4 Å². The van der Waals surface area contributed by atoms with E-state index in [9.17, 15) is 28.1 Å². The van der Waals surface area contributed by atoms with Crippen LogP contribution in [-0.4, -0.2) is 56.2 Å². The lowest BCUT2D eigenvalue weighted by Crippen LogP contribution is -2.42. The molecule has 1 aromatic rings. The van der Waals surface area contributed by atoms with Crippen molar-refractivity contribution in [2.24, 2.45) is 0 Å². The summed E-state index contributed by atoms with van der Waals surface area (Å²) in [4.78, 5) is 34.3. The molecule has 0 spiro atoms. The van der Waals surface area contributed by atoms with E-state index in [4.69, 9.17) is 0 Å². The minimum absolute atomic E-state index is 0.0910. The number of carbonyl (C=O) groups is 2. The van der Waals surface area contributed by atoms with E-state index in [-0.39, 0.29) is 29.0 Å². The lowest BCUT2D eigenvalue weighted by molar-refractivity contribution is -0.384. The smallest absolute Gasteiger partial charge is 0.269 e. The fourth-order valence-corrected chi connectivity index (χ4v) is 3.21. The molecule has 2 rings (SSSR count). The minimum atomic E-state index is -3.96. The molecule has 10 nitrogen and oxygen atoms in total. The highest BCUT2D eigenvalue weighted by Crippen LogP contribution is 2.15. The van der Waals surface area contributed by atoms with Gasteiger partial charge in [0.2, 0.25) is 21.8 Å². The molecule has 0 bridgehead atoms. The maximum Gasteiger partial charge on any atom is 0.269 e. The largest absolute Gasteiger partial charge is 0.350 e. The molecule has 0 aliphatic carbocycles. The zero-order valence-electron chi connectivity index (χ0n) is 12.8. The van der Waals surface area contributed by atoms with Crippen LogP contribution in [0.5, 0.6) is 0 Å². The molecule has 1 aromatic carbocycles. The Labute approximate surface area is 138 Å². The molecule has 1 aliphatic heterocycles. The molecule has 1 aliphatic rings. The Morgan fingerprint density at radius 3 is 2.50 bits per heavy atom.